The van der Waals surface area contributed by atoms with Crippen LogP contribution in [-0.4, -0.2) is 37.8 Å². The minimum Gasteiger partial charge on any atom is -0.349 e. The molecule has 156 valence electrons. The molecule has 5 nitrogen and oxygen atoms in total. The molecule has 1 heterocycles. The average Bonchev–Trinajstić information content (AvgIpc) is 2.68. The van der Waals surface area contributed by atoms with E-state index in [1.54, 1.807) is 24.3 Å². The summed E-state index contributed by atoms with van der Waals surface area (Å²) in [4.78, 5) is 12.6. The molecule has 2 aromatic carbocycles. The lowest BCUT2D eigenvalue weighted by atomic mass is 10.0. The topological polar surface area (TPSA) is 66.5 Å². The van der Waals surface area contributed by atoms with Crippen molar-refractivity contribution in [2.24, 2.45) is 0 Å². The molecule has 1 amide bonds. The second kappa shape index (κ2) is 8.16. The summed E-state index contributed by atoms with van der Waals surface area (Å²) in [5.74, 6) is -0.808. The zero-order valence-electron chi connectivity index (χ0n) is 15.7. The van der Waals surface area contributed by atoms with Gasteiger partial charge < -0.3 is 5.32 Å². The van der Waals surface area contributed by atoms with Crippen LogP contribution in [0.4, 0.5) is 13.2 Å². The lowest BCUT2D eigenvalue weighted by Gasteiger charge is -2.31. The number of aryl methyl sites for hydroxylation is 1. The number of piperidine rings is 1. The van der Waals surface area contributed by atoms with Crippen LogP contribution in [0.5, 0.6) is 0 Å². The second-order valence-electron chi connectivity index (χ2n) is 7.01. The van der Waals surface area contributed by atoms with E-state index in [1.165, 1.54) is 16.4 Å². The van der Waals surface area contributed by atoms with Crippen molar-refractivity contribution in [1.29, 1.82) is 0 Å². The summed E-state index contributed by atoms with van der Waals surface area (Å²) in [5.41, 5.74) is -0.476. The molecular formula is C20H21F3N2O3S. The molecule has 0 unspecified atom stereocenters. The first-order chi connectivity index (χ1) is 13.6. The summed E-state index contributed by atoms with van der Waals surface area (Å²) in [6.07, 6.45) is -3.98. The fraction of sp³-hybridized carbons (Fsp3) is 0.350. The Morgan fingerprint density at radius 3 is 2.21 bits per heavy atom. The SMILES string of the molecule is Cc1ccc(S(=O)(=O)N2CCC(NC(=O)c3ccccc3C(F)(F)F)CC2)cc1. The van der Waals surface area contributed by atoms with E-state index in [4.69, 9.17) is 0 Å². The third kappa shape index (κ3) is 4.79. The molecule has 29 heavy (non-hydrogen) atoms. The quantitative estimate of drug-likeness (QED) is 0.813. The Labute approximate surface area is 167 Å². The molecule has 3 rings (SSSR count). The smallest absolute Gasteiger partial charge is 0.349 e. The minimum absolute atomic E-state index is 0.183. The summed E-state index contributed by atoms with van der Waals surface area (Å²) in [7, 11) is -3.64. The van der Waals surface area contributed by atoms with Gasteiger partial charge in [0.2, 0.25) is 10.0 Å². The Kier molecular flexibility index (Phi) is 6.00. The van der Waals surface area contributed by atoms with Gasteiger partial charge in [-0.1, -0.05) is 29.8 Å². The van der Waals surface area contributed by atoms with Gasteiger partial charge >= 0.3 is 6.18 Å². The Hall–Kier alpha value is -2.39. The van der Waals surface area contributed by atoms with Crippen molar-refractivity contribution in [2.45, 2.75) is 36.9 Å². The van der Waals surface area contributed by atoms with Gasteiger partial charge in [-0.05, 0) is 44.0 Å². The number of carbonyl (C=O) groups is 1. The van der Waals surface area contributed by atoms with Crippen LogP contribution >= 0.6 is 0 Å². The first kappa shape index (κ1) is 21.3. The van der Waals surface area contributed by atoms with E-state index in [1.807, 2.05) is 6.92 Å². The van der Waals surface area contributed by atoms with E-state index in [0.29, 0.717) is 12.8 Å². The molecule has 0 bridgehead atoms. The van der Waals surface area contributed by atoms with E-state index >= 15 is 0 Å². The van der Waals surface area contributed by atoms with E-state index in [2.05, 4.69) is 5.32 Å². The number of nitrogens with zero attached hydrogens (tertiary/aromatic N) is 1. The summed E-state index contributed by atoms with van der Waals surface area (Å²) in [5, 5.41) is 2.61. The van der Waals surface area contributed by atoms with Gasteiger partial charge in [0.1, 0.15) is 0 Å². The van der Waals surface area contributed by atoms with E-state index in [-0.39, 0.29) is 18.0 Å². The summed E-state index contributed by atoms with van der Waals surface area (Å²) >= 11 is 0. The highest BCUT2D eigenvalue weighted by atomic mass is 32.2. The van der Waals surface area contributed by atoms with Gasteiger partial charge in [0.15, 0.2) is 0 Å². The van der Waals surface area contributed by atoms with Gasteiger partial charge in [-0.25, -0.2) is 8.42 Å². The molecule has 1 aliphatic heterocycles. The first-order valence-corrected chi connectivity index (χ1v) is 10.6. The molecule has 0 radical (unpaired) electrons. The van der Waals surface area contributed by atoms with Crippen LogP contribution < -0.4 is 5.32 Å². The van der Waals surface area contributed by atoms with Crippen LogP contribution in [0.2, 0.25) is 0 Å². The van der Waals surface area contributed by atoms with Crippen molar-refractivity contribution in [1.82, 2.24) is 9.62 Å². The lowest BCUT2D eigenvalue weighted by Crippen LogP contribution is -2.46. The van der Waals surface area contributed by atoms with Crippen molar-refractivity contribution in [3.05, 3.63) is 65.2 Å². The monoisotopic (exact) mass is 426 g/mol. The Balaban J connectivity index is 1.65. The van der Waals surface area contributed by atoms with Gasteiger partial charge in [0.25, 0.3) is 5.91 Å². The Morgan fingerprint density at radius 1 is 1.03 bits per heavy atom. The Morgan fingerprint density at radius 2 is 1.62 bits per heavy atom. The maximum atomic E-state index is 13.1. The third-order valence-corrected chi connectivity index (χ3v) is 6.84. The van der Waals surface area contributed by atoms with Gasteiger partial charge in [-0.2, -0.15) is 17.5 Å². The van der Waals surface area contributed by atoms with E-state index in [9.17, 15) is 26.4 Å². The van der Waals surface area contributed by atoms with Crippen LogP contribution in [0.1, 0.15) is 34.3 Å². The molecule has 1 aliphatic rings. The lowest BCUT2D eigenvalue weighted by molar-refractivity contribution is -0.137. The summed E-state index contributed by atoms with van der Waals surface area (Å²) in [6, 6.07) is 10.7. The molecule has 0 saturated carbocycles. The number of nitrogens with one attached hydrogen (secondary N) is 1. The van der Waals surface area contributed by atoms with Crippen LogP contribution in [0.15, 0.2) is 53.4 Å². The number of alkyl halides is 3. The number of sulfonamides is 1. The normalized spacial score (nSPS) is 16.6. The van der Waals surface area contributed by atoms with Gasteiger partial charge in [0, 0.05) is 19.1 Å². The van der Waals surface area contributed by atoms with Crippen LogP contribution in [0.25, 0.3) is 0 Å². The molecule has 1 N–H and O–H groups in total. The van der Waals surface area contributed by atoms with Crippen molar-refractivity contribution >= 4 is 15.9 Å². The molecule has 0 atom stereocenters. The number of hydrogen-bond acceptors (Lipinski definition) is 3. The highest BCUT2D eigenvalue weighted by Gasteiger charge is 2.36. The molecule has 2 aromatic rings. The predicted molar refractivity (Wildman–Crippen MR) is 102 cm³/mol. The maximum Gasteiger partial charge on any atom is 0.417 e. The molecular weight excluding hydrogens is 405 g/mol. The zero-order valence-corrected chi connectivity index (χ0v) is 16.6. The maximum absolute atomic E-state index is 13.1. The van der Waals surface area contributed by atoms with Gasteiger partial charge in [-0.3, -0.25) is 4.79 Å². The average molecular weight is 426 g/mol. The van der Waals surface area contributed by atoms with E-state index in [0.717, 1.165) is 17.7 Å². The van der Waals surface area contributed by atoms with Crippen molar-refractivity contribution < 1.29 is 26.4 Å². The number of hydrogen-bond donors (Lipinski definition) is 1. The number of amides is 1. The highest BCUT2D eigenvalue weighted by Crippen LogP contribution is 2.32. The number of rotatable bonds is 4. The minimum atomic E-state index is -4.63. The predicted octanol–water partition coefficient (Wildman–Crippen LogP) is 3.60. The van der Waals surface area contributed by atoms with Crippen molar-refractivity contribution in [3.63, 3.8) is 0 Å². The number of benzene rings is 2. The summed E-state index contributed by atoms with van der Waals surface area (Å²) < 4.78 is 66.1. The number of halogens is 3. The van der Waals surface area contributed by atoms with Gasteiger partial charge in [-0.15, -0.1) is 0 Å². The molecule has 9 heteroatoms. The molecule has 0 aliphatic carbocycles. The number of carbonyl (C=O) groups excluding carboxylic acids is 1. The highest BCUT2D eigenvalue weighted by molar-refractivity contribution is 7.89. The largest absolute Gasteiger partial charge is 0.417 e. The first-order valence-electron chi connectivity index (χ1n) is 9.13. The third-order valence-electron chi connectivity index (χ3n) is 4.92. The fourth-order valence-electron chi connectivity index (χ4n) is 3.29. The standard InChI is InChI=1S/C20H21F3N2O3S/c1-14-6-8-16(9-7-14)29(27,28)25-12-10-15(11-13-25)24-19(26)17-4-2-3-5-18(17)20(21,22)23/h2-9,15H,10-13H2,1H3,(H,24,26). The molecule has 0 aromatic heterocycles. The molecule has 1 fully saturated rings. The Bertz CT molecular complexity index is 981. The van der Waals surface area contributed by atoms with E-state index < -0.39 is 39.3 Å². The van der Waals surface area contributed by atoms with Crippen LogP contribution in [0.3, 0.4) is 0 Å². The van der Waals surface area contributed by atoms with Crippen molar-refractivity contribution in [2.75, 3.05) is 13.1 Å². The summed E-state index contributed by atoms with van der Waals surface area (Å²) in [6.45, 7) is 2.23. The molecule has 0 spiro atoms. The second-order valence-corrected chi connectivity index (χ2v) is 8.95. The van der Waals surface area contributed by atoms with Crippen molar-refractivity contribution in [3.8, 4) is 0 Å². The fourth-order valence-corrected chi connectivity index (χ4v) is 4.76. The zero-order chi connectivity index (χ0) is 21.2. The molecule has 1 saturated heterocycles. The van der Waals surface area contributed by atoms with Gasteiger partial charge in [0.05, 0.1) is 16.0 Å². The van der Waals surface area contributed by atoms with Crippen LogP contribution in [-0.2, 0) is 16.2 Å². The van der Waals surface area contributed by atoms with Crippen LogP contribution in [0, 0.1) is 6.92 Å².